The van der Waals surface area contributed by atoms with E-state index in [4.69, 9.17) is 4.74 Å². The normalized spacial score (nSPS) is 13.7. The third-order valence-corrected chi connectivity index (χ3v) is 4.30. The van der Waals surface area contributed by atoms with E-state index in [0.717, 1.165) is 22.2 Å². The zero-order valence-corrected chi connectivity index (χ0v) is 12.5. The second-order valence-electron chi connectivity index (χ2n) is 5.56. The van der Waals surface area contributed by atoms with E-state index in [-0.39, 0.29) is 5.91 Å². The van der Waals surface area contributed by atoms with Gasteiger partial charge < -0.3 is 14.2 Å². The van der Waals surface area contributed by atoms with Gasteiger partial charge in [0.25, 0.3) is 5.91 Å². The smallest absolute Gasteiger partial charge is 0.262 e. The number of amides is 1. The number of carbonyl (C=O) groups excluding carboxylic acids is 1. The molecule has 0 bridgehead atoms. The average Bonchev–Trinajstić information content (AvgIpc) is 3.08. The van der Waals surface area contributed by atoms with Crippen molar-refractivity contribution in [2.75, 3.05) is 12.0 Å². The lowest BCUT2D eigenvalue weighted by atomic mass is 10.1. The van der Waals surface area contributed by atoms with Crippen molar-refractivity contribution in [2.24, 2.45) is 7.05 Å². The fraction of sp³-hybridized carbons (Fsp3) is 0.167. The van der Waals surface area contributed by atoms with Gasteiger partial charge in [-0.1, -0.05) is 12.1 Å². The van der Waals surface area contributed by atoms with Gasteiger partial charge in [-0.15, -0.1) is 0 Å². The maximum absolute atomic E-state index is 12.8. The van der Waals surface area contributed by atoms with E-state index in [1.54, 1.807) is 12.0 Å². The molecule has 0 radical (unpaired) electrons. The highest BCUT2D eigenvalue weighted by Crippen LogP contribution is 2.34. The molecular weight excluding hydrogens is 276 g/mol. The standard InChI is InChI=1S/C18H16N2O2/c1-19-9-8-12-10-14(6-7-15(12)19)20-11-13-4-3-5-16(22-2)17(13)18(20)21/h3-10H,11H2,1-2H3. The average molecular weight is 292 g/mol. The minimum absolute atomic E-state index is 0.00253. The number of aryl methyl sites for hydroxylation is 1. The van der Waals surface area contributed by atoms with Crippen LogP contribution in [0.1, 0.15) is 15.9 Å². The fourth-order valence-electron chi connectivity index (χ4n) is 3.14. The van der Waals surface area contributed by atoms with Crippen molar-refractivity contribution < 1.29 is 9.53 Å². The van der Waals surface area contributed by atoms with Crippen LogP contribution in [0.25, 0.3) is 10.9 Å². The minimum Gasteiger partial charge on any atom is -0.496 e. The van der Waals surface area contributed by atoms with Crippen LogP contribution in [0.5, 0.6) is 5.75 Å². The molecule has 0 unspecified atom stereocenters. The van der Waals surface area contributed by atoms with Gasteiger partial charge >= 0.3 is 0 Å². The molecule has 0 N–H and O–H groups in total. The molecule has 4 rings (SSSR count). The molecule has 0 spiro atoms. The van der Waals surface area contributed by atoms with Gasteiger partial charge in [0.05, 0.1) is 19.2 Å². The number of nitrogens with zero attached hydrogens (tertiary/aromatic N) is 2. The summed E-state index contributed by atoms with van der Waals surface area (Å²) in [7, 11) is 3.62. The Bertz CT molecular complexity index is 895. The summed E-state index contributed by atoms with van der Waals surface area (Å²) in [6.07, 6.45) is 2.03. The molecule has 4 nitrogen and oxygen atoms in total. The molecular formula is C18H16N2O2. The van der Waals surface area contributed by atoms with Gasteiger partial charge in [-0.05, 0) is 35.9 Å². The van der Waals surface area contributed by atoms with Crippen molar-refractivity contribution in [3.63, 3.8) is 0 Å². The van der Waals surface area contributed by atoms with E-state index < -0.39 is 0 Å². The monoisotopic (exact) mass is 292 g/mol. The number of rotatable bonds is 2. The van der Waals surface area contributed by atoms with Crippen molar-refractivity contribution in [3.8, 4) is 5.75 Å². The summed E-state index contributed by atoms with van der Waals surface area (Å²) >= 11 is 0. The summed E-state index contributed by atoms with van der Waals surface area (Å²) in [6.45, 7) is 0.587. The lowest BCUT2D eigenvalue weighted by molar-refractivity contribution is 0.0994. The number of methoxy groups -OCH3 is 1. The van der Waals surface area contributed by atoms with Crippen LogP contribution in [0.4, 0.5) is 5.69 Å². The van der Waals surface area contributed by atoms with Crippen molar-refractivity contribution in [1.29, 1.82) is 0 Å². The molecule has 1 aliphatic heterocycles. The van der Waals surface area contributed by atoms with Gasteiger partial charge in [0, 0.05) is 29.8 Å². The zero-order valence-electron chi connectivity index (χ0n) is 12.5. The van der Waals surface area contributed by atoms with E-state index in [0.29, 0.717) is 17.9 Å². The predicted octanol–water partition coefficient (Wildman–Crippen LogP) is 3.35. The van der Waals surface area contributed by atoms with Crippen LogP contribution < -0.4 is 9.64 Å². The first-order valence-electron chi connectivity index (χ1n) is 7.22. The number of carbonyl (C=O) groups is 1. The third kappa shape index (κ3) is 1.73. The molecule has 1 aromatic heterocycles. The summed E-state index contributed by atoms with van der Waals surface area (Å²) in [4.78, 5) is 14.6. The van der Waals surface area contributed by atoms with Crippen LogP contribution in [0.3, 0.4) is 0 Å². The number of aromatic nitrogens is 1. The fourth-order valence-corrected chi connectivity index (χ4v) is 3.14. The molecule has 2 aromatic carbocycles. The highest BCUT2D eigenvalue weighted by atomic mass is 16.5. The number of anilines is 1. The quantitative estimate of drug-likeness (QED) is 0.726. The molecule has 22 heavy (non-hydrogen) atoms. The Morgan fingerprint density at radius 3 is 2.82 bits per heavy atom. The van der Waals surface area contributed by atoms with Crippen molar-refractivity contribution >= 4 is 22.5 Å². The highest BCUT2D eigenvalue weighted by molar-refractivity contribution is 6.12. The number of hydrogen-bond acceptors (Lipinski definition) is 2. The second kappa shape index (κ2) is 4.63. The number of benzene rings is 2. The van der Waals surface area contributed by atoms with Crippen LogP contribution in [0.2, 0.25) is 0 Å². The Morgan fingerprint density at radius 2 is 2.00 bits per heavy atom. The van der Waals surface area contributed by atoms with Crippen LogP contribution in [0.15, 0.2) is 48.7 Å². The van der Waals surface area contributed by atoms with Crippen LogP contribution in [-0.4, -0.2) is 17.6 Å². The van der Waals surface area contributed by atoms with Crippen molar-refractivity contribution in [2.45, 2.75) is 6.54 Å². The molecule has 0 saturated carbocycles. The Labute approximate surface area is 128 Å². The molecule has 1 amide bonds. The van der Waals surface area contributed by atoms with Crippen LogP contribution in [-0.2, 0) is 13.6 Å². The van der Waals surface area contributed by atoms with E-state index in [2.05, 4.69) is 22.8 Å². The van der Waals surface area contributed by atoms with Gasteiger partial charge in [-0.25, -0.2) is 0 Å². The summed E-state index contributed by atoms with van der Waals surface area (Å²) in [5.74, 6) is 0.647. The number of ether oxygens (including phenoxy) is 1. The largest absolute Gasteiger partial charge is 0.496 e. The van der Waals surface area contributed by atoms with Crippen LogP contribution in [0, 0.1) is 0 Å². The molecule has 1 aliphatic rings. The Balaban J connectivity index is 1.79. The second-order valence-corrected chi connectivity index (χ2v) is 5.56. The SMILES string of the molecule is COc1cccc2c1C(=O)N(c1ccc3c(ccn3C)c1)C2. The molecule has 3 aromatic rings. The van der Waals surface area contributed by atoms with Crippen LogP contribution >= 0.6 is 0 Å². The van der Waals surface area contributed by atoms with Crippen molar-refractivity contribution in [1.82, 2.24) is 4.57 Å². The summed E-state index contributed by atoms with van der Waals surface area (Å²) in [5, 5.41) is 1.13. The molecule has 0 fully saturated rings. The number of hydrogen-bond donors (Lipinski definition) is 0. The molecule has 0 aliphatic carbocycles. The van der Waals surface area contributed by atoms with Gasteiger partial charge in [0.15, 0.2) is 0 Å². The number of fused-ring (bicyclic) bond motifs is 2. The van der Waals surface area contributed by atoms with Gasteiger partial charge in [-0.2, -0.15) is 0 Å². The van der Waals surface area contributed by atoms with Gasteiger partial charge in [-0.3, -0.25) is 4.79 Å². The van der Waals surface area contributed by atoms with E-state index in [1.807, 2.05) is 37.5 Å². The Morgan fingerprint density at radius 1 is 1.14 bits per heavy atom. The first-order chi connectivity index (χ1) is 10.7. The maximum atomic E-state index is 12.8. The van der Waals surface area contributed by atoms with Gasteiger partial charge in [0.1, 0.15) is 5.75 Å². The summed E-state index contributed by atoms with van der Waals surface area (Å²) in [5.41, 5.74) is 3.77. The molecule has 2 heterocycles. The maximum Gasteiger partial charge on any atom is 0.262 e. The third-order valence-electron chi connectivity index (χ3n) is 4.30. The summed E-state index contributed by atoms with van der Waals surface area (Å²) in [6, 6.07) is 13.9. The Kier molecular flexibility index (Phi) is 2.73. The molecule has 4 heteroatoms. The minimum atomic E-state index is 0.00253. The molecule has 110 valence electrons. The van der Waals surface area contributed by atoms with E-state index in [1.165, 1.54) is 0 Å². The zero-order chi connectivity index (χ0) is 15.3. The van der Waals surface area contributed by atoms with E-state index in [9.17, 15) is 4.79 Å². The topological polar surface area (TPSA) is 34.5 Å². The van der Waals surface area contributed by atoms with Crippen molar-refractivity contribution in [3.05, 3.63) is 59.8 Å². The molecule has 0 saturated heterocycles. The predicted molar refractivity (Wildman–Crippen MR) is 86.4 cm³/mol. The first-order valence-corrected chi connectivity index (χ1v) is 7.22. The first kappa shape index (κ1) is 13.0. The highest BCUT2D eigenvalue weighted by Gasteiger charge is 2.31. The summed E-state index contributed by atoms with van der Waals surface area (Å²) < 4.78 is 7.41. The van der Waals surface area contributed by atoms with E-state index >= 15 is 0 Å². The lowest BCUT2D eigenvalue weighted by Crippen LogP contribution is -2.23. The molecule has 0 atom stereocenters. The van der Waals surface area contributed by atoms with Gasteiger partial charge in [0.2, 0.25) is 0 Å². The lowest BCUT2D eigenvalue weighted by Gasteiger charge is -2.16. The Hall–Kier alpha value is -2.75.